The average Bonchev–Trinajstić information content (AvgIpc) is 3.16. The first-order valence-corrected chi connectivity index (χ1v) is 9.86. The highest BCUT2D eigenvalue weighted by molar-refractivity contribution is 7.91. The molecule has 1 N–H and O–H groups in total. The molecule has 0 spiro atoms. The molecule has 6 heteroatoms. The largest absolute Gasteiger partial charge is 0.426 e. The zero-order chi connectivity index (χ0) is 17.9. The van der Waals surface area contributed by atoms with Crippen LogP contribution in [0, 0.1) is 0 Å². The predicted molar refractivity (Wildman–Crippen MR) is 94.5 cm³/mol. The Balaban J connectivity index is 2.04. The van der Waals surface area contributed by atoms with E-state index in [9.17, 15) is 13.2 Å². The van der Waals surface area contributed by atoms with E-state index in [1.54, 1.807) is 49.4 Å². The van der Waals surface area contributed by atoms with Crippen molar-refractivity contribution in [3.63, 3.8) is 0 Å². The molecule has 1 aliphatic rings. The summed E-state index contributed by atoms with van der Waals surface area (Å²) in [6.07, 6.45) is 1.17. The molecule has 0 amide bonds. The van der Waals surface area contributed by atoms with Crippen molar-refractivity contribution in [2.45, 2.75) is 35.5 Å². The predicted octanol–water partition coefficient (Wildman–Crippen LogP) is 2.91. The zero-order valence-electron chi connectivity index (χ0n) is 14.1. The van der Waals surface area contributed by atoms with Gasteiger partial charge in [-0.15, -0.1) is 0 Å². The van der Waals surface area contributed by atoms with E-state index >= 15 is 0 Å². The molecule has 1 heterocycles. The van der Waals surface area contributed by atoms with Gasteiger partial charge >= 0.3 is 5.97 Å². The fourth-order valence-corrected chi connectivity index (χ4v) is 4.26. The van der Waals surface area contributed by atoms with E-state index in [4.69, 9.17) is 4.74 Å². The van der Waals surface area contributed by atoms with Gasteiger partial charge in [0.05, 0.1) is 9.79 Å². The van der Waals surface area contributed by atoms with Crippen molar-refractivity contribution in [3.05, 3.63) is 54.1 Å². The summed E-state index contributed by atoms with van der Waals surface area (Å²) in [7, 11) is -3.65. The van der Waals surface area contributed by atoms with Gasteiger partial charge in [-0.2, -0.15) is 0 Å². The summed E-state index contributed by atoms with van der Waals surface area (Å²) in [5.41, 5.74) is 0.874. The minimum Gasteiger partial charge on any atom is -0.426 e. The lowest BCUT2D eigenvalue weighted by Crippen LogP contribution is -2.13. The van der Waals surface area contributed by atoms with Crippen LogP contribution in [0.4, 0.5) is 0 Å². The fraction of sp³-hybridized carbons (Fsp3) is 0.316. The Morgan fingerprint density at radius 3 is 2.56 bits per heavy atom. The summed E-state index contributed by atoms with van der Waals surface area (Å²) < 4.78 is 31.1. The number of esters is 1. The quantitative estimate of drug-likeness (QED) is 0.656. The van der Waals surface area contributed by atoms with E-state index in [1.807, 2.05) is 0 Å². The summed E-state index contributed by atoms with van der Waals surface area (Å²) in [5.74, 6) is 0.187. The first-order valence-electron chi connectivity index (χ1n) is 8.38. The lowest BCUT2D eigenvalue weighted by Gasteiger charge is -2.16. The van der Waals surface area contributed by atoms with Gasteiger partial charge in [0.2, 0.25) is 9.84 Å². The number of sulfone groups is 1. The number of benzene rings is 2. The lowest BCUT2D eigenvalue weighted by molar-refractivity contribution is -0.134. The van der Waals surface area contributed by atoms with Crippen molar-refractivity contribution in [1.82, 2.24) is 5.32 Å². The number of ether oxygens (including phenoxy) is 1. The minimum absolute atomic E-state index is 0.132. The van der Waals surface area contributed by atoms with Crippen LogP contribution in [0.1, 0.15) is 31.2 Å². The summed E-state index contributed by atoms with van der Waals surface area (Å²) >= 11 is 0. The maximum absolute atomic E-state index is 12.8. The van der Waals surface area contributed by atoms with E-state index in [0.29, 0.717) is 5.75 Å². The number of hydrogen-bond donors (Lipinski definition) is 1. The molecule has 0 radical (unpaired) electrons. The maximum atomic E-state index is 12.8. The molecule has 0 unspecified atom stereocenters. The van der Waals surface area contributed by atoms with Crippen molar-refractivity contribution in [2.24, 2.45) is 0 Å². The van der Waals surface area contributed by atoms with Gasteiger partial charge in [-0.3, -0.25) is 4.79 Å². The third-order valence-corrected chi connectivity index (χ3v) is 6.13. The van der Waals surface area contributed by atoms with Crippen LogP contribution in [0.2, 0.25) is 0 Å². The van der Waals surface area contributed by atoms with Crippen LogP contribution in [0.5, 0.6) is 5.75 Å². The molecule has 2 aromatic rings. The van der Waals surface area contributed by atoms with E-state index in [0.717, 1.165) is 25.1 Å². The number of carbonyl (C=O) groups is 1. The third kappa shape index (κ3) is 3.75. The topological polar surface area (TPSA) is 72.5 Å². The Bertz CT molecular complexity index is 856. The van der Waals surface area contributed by atoms with Crippen LogP contribution < -0.4 is 10.1 Å². The minimum atomic E-state index is -3.65. The van der Waals surface area contributed by atoms with Gasteiger partial charge in [-0.05, 0) is 36.7 Å². The van der Waals surface area contributed by atoms with Crippen LogP contribution in [0.25, 0.3) is 0 Å². The van der Waals surface area contributed by atoms with E-state index in [-0.39, 0.29) is 28.1 Å². The first-order chi connectivity index (χ1) is 12.0. The molecule has 132 valence electrons. The van der Waals surface area contributed by atoms with Gasteiger partial charge in [0.15, 0.2) is 0 Å². The second kappa shape index (κ2) is 7.37. The number of nitrogens with one attached hydrogen (secondary N) is 1. The number of rotatable bonds is 5. The second-order valence-electron chi connectivity index (χ2n) is 6.03. The molecule has 3 rings (SSSR count). The van der Waals surface area contributed by atoms with Gasteiger partial charge in [0.25, 0.3) is 0 Å². The number of carbonyl (C=O) groups excluding carboxylic acids is 1. The molecule has 5 nitrogen and oxygen atoms in total. The molecule has 25 heavy (non-hydrogen) atoms. The summed E-state index contributed by atoms with van der Waals surface area (Å²) in [6, 6.07) is 13.1. The highest BCUT2D eigenvalue weighted by Gasteiger charge is 2.25. The molecule has 0 saturated carbocycles. The van der Waals surface area contributed by atoms with Gasteiger partial charge in [0.1, 0.15) is 5.75 Å². The van der Waals surface area contributed by atoms with Gasteiger partial charge < -0.3 is 10.1 Å². The molecule has 2 aromatic carbocycles. The van der Waals surface area contributed by atoms with E-state index in [2.05, 4.69) is 5.32 Å². The van der Waals surface area contributed by atoms with Gasteiger partial charge in [-0.1, -0.05) is 31.2 Å². The highest BCUT2D eigenvalue weighted by atomic mass is 32.2. The van der Waals surface area contributed by atoms with Crippen LogP contribution in [0.15, 0.2) is 58.3 Å². The van der Waals surface area contributed by atoms with E-state index in [1.165, 1.54) is 6.07 Å². The van der Waals surface area contributed by atoms with Crippen LogP contribution >= 0.6 is 0 Å². The van der Waals surface area contributed by atoms with Gasteiger partial charge in [0, 0.05) is 24.9 Å². The smallest absolute Gasteiger partial charge is 0.310 e. The Labute approximate surface area is 147 Å². The monoisotopic (exact) mass is 359 g/mol. The Hall–Kier alpha value is -2.18. The Kier molecular flexibility index (Phi) is 5.20. The molecule has 0 aromatic heterocycles. The molecule has 1 saturated heterocycles. The molecule has 1 aliphatic heterocycles. The first kappa shape index (κ1) is 17.6. The molecule has 1 atom stereocenters. The molecular weight excluding hydrogens is 338 g/mol. The van der Waals surface area contributed by atoms with Crippen LogP contribution in [0.3, 0.4) is 0 Å². The Morgan fingerprint density at radius 1 is 1.16 bits per heavy atom. The van der Waals surface area contributed by atoms with E-state index < -0.39 is 9.84 Å². The van der Waals surface area contributed by atoms with Crippen molar-refractivity contribution < 1.29 is 17.9 Å². The lowest BCUT2D eigenvalue weighted by atomic mass is 9.97. The molecule has 0 aliphatic carbocycles. The normalized spacial score (nSPS) is 17.4. The van der Waals surface area contributed by atoms with Crippen molar-refractivity contribution in [2.75, 3.05) is 13.1 Å². The maximum Gasteiger partial charge on any atom is 0.310 e. The van der Waals surface area contributed by atoms with Gasteiger partial charge in [-0.25, -0.2) is 8.42 Å². The summed E-state index contributed by atoms with van der Waals surface area (Å²) in [4.78, 5) is 12.1. The van der Waals surface area contributed by atoms with Crippen LogP contribution in [-0.4, -0.2) is 27.5 Å². The molecule has 1 fully saturated rings. The second-order valence-corrected chi connectivity index (χ2v) is 7.98. The standard InChI is InChI=1S/C19H21NO4S/c1-2-19(21)24-18-12-16(8-9-17(18)14-10-11-20-13-14)25(22,23)15-6-4-3-5-7-15/h3-9,12,14,20H,2,10-11,13H2,1H3/t14-/m0/s1. The fourth-order valence-electron chi connectivity index (χ4n) is 2.96. The third-order valence-electron chi connectivity index (χ3n) is 4.36. The summed E-state index contributed by atoms with van der Waals surface area (Å²) in [6.45, 7) is 3.40. The summed E-state index contributed by atoms with van der Waals surface area (Å²) in [5, 5.41) is 3.28. The number of hydrogen-bond acceptors (Lipinski definition) is 5. The SMILES string of the molecule is CCC(=O)Oc1cc(S(=O)(=O)c2ccccc2)ccc1[C@H]1CCNC1. The Morgan fingerprint density at radius 2 is 1.92 bits per heavy atom. The van der Waals surface area contributed by atoms with Crippen molar-refractivity contribution in [3.8, 4) is 5.75 Å². The molecular formula is C19H21NO4S. The van der Waals surface area contributed by atoms with Crippen molar-refractivity contribution in [1.29, 1.82) is 0 Å². The van der Waals surface area contributed by atoms with Crippen molar-refractivity contribution >= 4 is 15.8 Å². The van der Waals surface area contributed by atoms with Crippen LogP contribution in [-0.2, 0) is 14.6 Å². The average molecular weight is 359 g/mol. The molecule has 0 bridgehead atoms. The highest BCUT2D eigenvalue weighted by Crippen LogP contribution is 2.34. The zero-order valence-corrected chi connectivity index (χ0v) is 14.9.